The maximum Gasteiger partial charge on any atom is 0.257 e. The molecule has 0 radical (unpaired) electrons. The van der Waals surface area contributed by atoms with Crippen molar-refractivity contribution >= 4 is 24.2 Å². The van der Waals surface area contributed by atoms with Gasteiger partial charge in [-0.2, -0.15) is 0 Å². The van der Waals surface area contributed by atoms with Crippen molar-refractivity contribution in [2.24, 2.45) is 0 Å². The quantitative estimate of drug-likeness (QED) is 0.882. The van der Waals surface area contributed by atoms with Gasteiger partial charge in [-0.3, -0.25) is 9.59 Å². The van der Waals surface area contributed by atoms with Crippen LogP contribution in [0.15, 0.2) is 10.5 Å². The summed E-state index contributed by atoms with van der Waals surface area (Å²) in [6, 6.07) is 1.76. The van der Waals surface area contributed by atoms with Gasteiger partial charge >= 0.3 is 0 Å². The van der Waals surface area contributed by atoms with E-state index < -0.39 is 0 Å². The zero-order valence-electron chi connectivity index (χ0n) is 13.6. The summed E-state index contributed by atoms with van der Waals surface area (Å²) in [6.07, 6.45) is 1.99. The van der Waals surface area contributed by atoms with Crippen LogP contribution in [0.1, 0.15) is 34.7 Å². The van der Waals surface area contributed by atoms with Gasteiger partial charge in [0.05, 0.1) is 11.6 Å². The fraction of sp³-hybridized carbons (Fsp3) is 0.625. The summed E-state index contributed by atoms with van der Waals surface area (Å²) >= 11 is 0. The van der Waals surface area contributed by atoms with Crippen LogP contribution in [-0.2, 0) is 4.79 Å². The summed E-state index contributed by atoms with van der Waals surface area (Å²) in [7, 11) is 0. The average Bonchev–Trinajstić information content (AvgIpc) is 3.15. The smallest absolute Gasteiger partial charge is 0.257 e. The highest BCUT2D eigenvalue weighted by atomic mass is 35.5. The van der Waals surface area contributed by atoms with Gasteiger partial charge in [0.15, 0.2) is 0 Å². The monoisotopic (exact) mass is 341 g/mol. The third-order valence-electron chi connectivity index (χ3n) is 4.51. The number of piperazine rings is 1. The average molecular weight is 342 g/mol. The van der Waals surface area contributed by atoms with Crippen molar-refractivity contribution < 1.29 is 14.0 Å². The van der Waals surface area contributed by atoms with Crippen LogP contribution in [0.3, 0.4) is 0 Å². The van der Waals surface area contributed by atoms with Crippen LogP contribution in [0.2, 0.25) is 0 Å². The Balaban J connectivity index is 0.00000192. The molecule has 1 aromatic heterocycles. The van der Waals surface area contributed by atoms with Crippen LogP contribution in [0.5, 0.6) is 0 Å². The summed E-state index contributed by atoms with van der Waals surface area (Å²) in [5.74, 6) is 1.60. The van der Waals surface area contributed by atoms with Gasteiger partial charge < -0.3 is 19.5 Å². The van der Waals surface area contributed by atoms with E-state index in [2.05, 4.69) is 5.32 Å². The molecular weight excluding hydrogens is 318 g/mol. The van der Waals surface area contributed by atoms with Crippen LogP contribution < -0.4 is 5.32 Å². The van der Waals surface area contributed by atoms with Gasteiger partial charge in [0.25, 0.3) is 5.91 Å². The Bertz CT molecular complexity index is 573. The number of halogens is 1. The Kier molecular flexibility index (Phi) is 5.70. The van der Waals surface area contributed by atoms with Gasteiger partial charge in [0, 0.05) is 26.2 Å². The lowest BCUT2D eigenvalue weighted by atomic mass is 10.1. The summed E-state index contributed by atoms with van der Waals surface area (Å²) in [5.41, 5.74) is 0.634. The molecule has 0 bridgehead atoms. The van der Waals surface area contributed by atoms with E-state index in [9.17, 15) is 9.59 Å². The van der Waals surface area contributed by atoms with Crippen LogP contribution in [0.4, 0.5) is 0 Å². The normalized spacial score (nSPS) is 21.2. The second kappa shape index (κ2) is 7.36. The number of aryl methyl sites for hydroxylation is 2. The topological polar surface area (TPSA) is 65.8 Å². The fourth-order valence-electron chi connectivity index (χ4n) is 3.26. The van der Waals surface area contributed by atoms with Gasteiger partial charge in [0.1, 0.15) is 11.5 Å². The van der Waals surface area contributed by atoms with Crippen molar-refractivity contribution in [3.05, 3.63) is 23.2 Å². The van der Waals surface area contributed by atoms with E-state index in [1.807, 2.05) is 23.6 Å². The van der Waals surface area contributed by atoms with Crippen LogP contribution in [0, 0.1) is 13.8 Å². The number of nitrogens with zero attached hydrogens (tertiary/aromatic N) is 2. The molecule has 0 spiro atoms. The van der Waals surface area contributed by atoms with E-state index in [1.54, 1.807) is 6.07 Å². The Morgan fingerprint density at radius 3 is 2.35 bits per heavy atom. The highest BCUT2D eigenvalue weighted by Gasteiger charge is 2.31. The molecule has 2 aliphatic heterocycles. The molecule has 3 heterocycles. The van der Waals surface area contributed by atoms with Gasteiger partial charge in [-0.1, -0.05) is 0 Å². The molecule has 1 aromatic rings. The van der Waals surface area contributed by atoms with Crippen LogP contribution in [0.25, 0.3) is 0 Å². The Labute approximate surface area is 142 Å². The largest absolute Gasteiger partial charge is 0.466 e. The molecule has 0 saturated carbocycles. The van der Waals surface area contributed by atoms with Crippen molar-refractivity contribution in [3.8, 4) is 0 Å². The van der Waals surface area contributed by atoms with Crippen LogP contribution in [-0.4, -0.2) is 60.4 Å². The summed E-state index contributed by atoms with van der Waals surface area (Å²) in [5, 5.41) is 3.24. The molecule has 6 nitrogen and oxygen atoms in total. The zero-order valence-corrected chi connectivity index (χ0v) is 14.4. The van der Waals surface area contributed by atoms with E-state index >= 15 is 0 Å². The van der Waals surface area contributed by atoms with E-state index in [1.165, 1.54) is 0 Å². The Hall–Kier alpha value is -1.53. The molecule has 23 heavy (non-hydrogen) atoms. The van der Waals surface area contributed by atoms with Gasteiger partial charge in [-0.15, -0.1) is 12.4 Å². The molecule has 2 amide bonds. The molecule has 0 aliphatic carbocycles. The maximum atomic E-state index is 12.5. The predicted molar refractivity (Wildman–Crippen MR) is 88.9 cm³/mol. The highest BCUT2D eigenvalue weighted by molar-refractivity contribution is 5.95. The van der Waals surface area contributed by atoms with Crippen molar-refractivity contribution in [3.63, 3.8) is 0 Å². The van der Waals surface area contributed by atoms with Gasteiger partial charge in [-0.05, 0) is 39.3 Å². The van der Waals surface area contributed by atoms with Crippen molar-refractivity contribution in [1.82, 2.24) is 15.1 Å². The van der Waals surface area contributed by atoms with Crippen molar-refractivity contribution in [2.75, 3.05) is 32.7 Å². The van der Waals surface area contributed by atoms with Crippen molar-refractivity contribution in [2.45, 2.75) is 32.7 Å². The second-order valence-electron chi connectivity index (χ2n) is 6.09. The van der Waals surface area contributed by atoms with Gasteiger partial charge in [0.2, 0.25) is 5.91 Å². The van der Waals surface area contributed by atoms with E-state index in [-0.39, 0.29) is 30.3 Å². The molecule has 1 atom stereocenters. The number of carbonyl (C=O) groups excluding carboxylic acids is 2. The third kappa shape index (κ3) is 3.70. The molecule has 0 aromatic carbocycles. The molecular formula is C16H24ClN3O3. The first-order valence-electron chi connectivity index (χ1n) is 7.95. The fourth-order valence-corrected chi connectivity index (χ4v) is 3.26. The van der Waals surface area contributed by atoms with Crippen LogP contribution >= 0.6 is 12.4 Å². The molecule has 1 N–H and O–H groups in total. The SMILES string of the molecule is Cc1cc(C(=O)N2CCN(C(=O)C3CCCN3)CC2)c(C)o1.Cl. The number of rotatable bonds is 2. The number of hydrogen-bond donors (Lipinski definition) is 1. The van der Waals surface area contributed by atoms with E-state index in [4.69, 9.17) is 4.42 Å². The maximum absolute atomic E-state index is 12.5. The third-order valence-corrected chi connectivity index (χ3v) is 4.51. The molecule has 1 unspecified atom stereocenters. The lowest BCUT2D eigenvalue weighted by Crippen LogP contribution is -2.54. The minimum Gasteiger partial charge on any atom is -0.466 e. The van der Waals surface area contributed by atoms with Gasteiger partial charge in [-0.25, -0.2) is 0 Å². The first-order valence-corrected chi connectivity index (χ1v) is 7.95. The summed E-state index contributed by atoms with van der Waals surface area (Å²) < 4.78 is 5.43. The second-order valence-corrected chi connectivity index (χ2v) is 6.09. The standard InChI is InChI=1S/C16H23N3O3.ClH/c1-11-10-13(12(2)22-11)15(20)18-6-8-19(9-7-18)16(21)14-4-3-5-17-14;/h10,14,17H,3-9H2,1-2H3;1H. The highest BCUT2D eigenvalue weighted by Crippen LogP contribution is 2.18. The molecule has 128 valence electrons. The molecule has 3 rings (SSSR count). The predicted octanol–water partition coefficient (Wildman–Crippen LogP) is 1.35. The first kappa shape index (κ1) is 17.8. The Morgan fingerprint density at radius 1 is 1.17 bits per heavy atom. The minimum atomic E-state index is -0.0268. The number of amides is 2. The van der Waals surface area contributed by atoms with Crippen molar-refractivity contribution in [1.29, 1.82) is 0 Å². The van der Waals surface area contributed by atoms with E-state index in [0.717, 1.165) is 25.1 Å². The number of carbonyl (C=O) groups is 2. The lowest BCUT2D eigenvalue weighted by molar-refractivity contribution is -0.134. The lowest BCUT2D eigenvalue weighted by Gasteiger charge is -2.35. The summed E-state index contributed by atoms with van der Waals surface area (Å²) in [4.78, 5) is 28.6. The zero-order chi connectivity index (χ0) is 15.7. The summed E-state index contributed by atoms with van der Waals surface area (Å²) in [6.45, 7) is 6.97. The molecule has 2 fully saturated rings. The molecule has 2 aliphatic rings. The number of furan rings is 1. The molecule has 7 heteroatoms. The Morgan fingerprint density at radius 2 is 1.83 bits per heavy atom. The first-order chi connectivity index (χ1) is 10.6. The molecule has 2 saturated heterocycles. The number of hydrogen-bond acceptors (Lipinski definition) is 4. The number of nitrogens with one attached hydrogen (secondary N) is 1. The minimum absolute atomic E-state index is 0. The van der Waals surface area contributed by atoms with E-state index in [0.29, 0.717) is 37.5 Å².